The Kier molecular flexibility index (Phi) is 5.14. The van der Waals surface area contributed by atoms with Gasteiger partial charge >= 0.3 is 0 Å². The molecule has 4 rings (SSSR count). The lowest BCUT2D eigenvalue weighted by molar-refractivity contribution is -0.123. The van der Waals surface area contributed by atoms with E-state index in [1.165, 1.54) is 11.1 Å². The van der Waals surface area contributed by atoms with E-state index in [0.717, 1.165) is 38.0 Å². The monoisotopic (exact) mass is 371 g/mol. The topological polar surface area (TPSA) is 59.6 Å². The highest BCUT2D eigenvalue weighted by molar-refractivity contribution is 5.88. The number of benzene rings is 1. The molecule has 6 nitrogen and oxygen atoms in total. The number of fused-ring (bicyclic) bond motifs is 2. The average Bonchev–Trinajstić information content (AvgIpc) is 3.22. The summed E-state index contributed by atoms with van der Waals surface area (Å²) in [5.74, 6) is 0.136. The fraction of sp³-hybridized carbons (Fsp3) is 0.667. The van der Waals surface area contributed by atoms with Crippen molar-refractivity contribution >= 4 is 11.6 Å². The van der Waals surface area contributed by atoms with Gasteiger partial charge in [0.25, 0.3) is 0 Å². The van der Waals surface area contributed by atoms with Crippen LogP contribution in [0.2, 0.25) is 0 Å². The summed E-state index contributed by atoms with van der Waals surface area (Å²) in [6.45, 7) is 6.45. The van der Waals surface area contributed by atoms with E-state index in [1.807, 2.05) is 0 Å². The van der Waals surface area contributed by atoms with Crippen molar-refractivity contribution in [2.24, 2.45) is 0 Å². The summed E-state index contributed by atoms with van der Waals surface area (Å²) >= 11 is 0. The highest BCUT2D eigenvalue weighted by Crippen LogP contribution is 2.31. The summed E-state index contributed by atoms with van der Waals surface area (Å²) in [5.41, 5.74) is 3.61. The van der Waals surface area contributed by atoms with Crippen LogP contribution in [0.15, 0.2) is 18.2 Å². The van der Waals surface area contributed by atoms with Gasteiger partial charge in [0.05, 0.1) is 6.17 Å². The number of rotatable bonds is 4. The van der Waals surface area contributed by atoms with Gasteiger partial charge in [0.15, 0.2) is 0 Å². The molecule has 6 heteroatoms. The van der Waals surface area contributed by atoms with Crippen LogP contribution in [0.4, 0.5) is 5.69 Å². The predicted octanol–water partition coefficient (Wildman–Crippen LogP) is 1.16. The lowest BCUT2D eigenvalue weighted by atomic mass is 9.94. The standard InChI is InChI=1S/C21H33N5O/c1-13-6-5-7-15-10-18(23-20(13)15)21(27)24-17-8-9-19-22-11-16(12-25(3)4)26(19)14(17)2/h5-7,14,16-19,22-23H,8-12H2,1-4H3,(H,24,27). The number of aryl methyl sites for hydroxylation is 1. The first-order valence-electron chi connectivity index (χ1n) is 10.2. The molecule has 3 aliphatic heterocycles. The molecule has 0 aliphatic carbocycles. The van der Waals surface area contributed by atoms with Crippen molar-refractivity contribution in [3.05, 3.63) is 29.3 Å². The number of piperidine rings is 1. The molecule has 1 amide bonds. The zero-order valence-corrected chi connectivity index (χ0v) is 17.0. The number of amides is 1. The number of nitrogens with zero attached hydrogens (tertiary/aromatic N) is 2. The molecule has 3 heterocycles. The Balaban J connectivity index is 1.40. The van der Waals surface area contributed by atoms with Gasteiger partial charge in [-0.2, -0.15) is 0 Å². The van der Waals surface area contributed by atoms with Crippen molar-refractivity contribution in [1.29, 1.82) is 0 Å². The van der Waals surface area contributed by atoms with E-state index < -0.39 is 0 Å². The fourth-order valence-electron chi connectivity index (χ4n) is 5.16. The molecule has 0 aromatic heterocycles. The van der Waals surface area contributed by atoms with Crippen molar-refractivity contribution in [2.75, 3.05) is 32.5 Å². The highest BCUT2D eigenvalue weighted by atomic mass is 16.2. The Morgan fingerprint density at radius 2 is 2.15 bits per heavy atom. The van der Waals surface area contributed by atoms with Crippen LogP contribution in [-0.2, 0) is 11.2 Å². The Morgan fingerprint density at radius 1 is 1.33 bits per heavy atom. The normalized spacial score (nSPS) is 32.9. The minimum Gasteiger partial charge on any atom is -0.373 e. The van der Waals surface area contributed by atoms with E-state index in [0.29, 0.717) is 18.2 Å². The Morgan fingerprint density at radius 3 is 2.89 bits per heavy atom. The summed E-state index contributed by atoms with van der Waals surface area (Å²) in [4.78, 5) is 17.8. The quantitative estimate of drug-likeness (QED) is 0.742. The zero-order valence-electron chi connectivity index (χ0n) is 17.0. The fourth-order valence-corrected chi connectivity index (χ4v) is 5.16. The molecule has 5 atom stereocenters. The van der Waals surface area contributed by atoms with Gasteiger partial charge in [-0.05, 0) is 51.9 Å². The summed E-state index contributed by atoms with van der Waals surface area (Å²) in [6, 6.07) is 7.21. The number of carbonyl (C=O) groups is 1. The molecule has 1 aromatic rings. The third-order valence-electron chi connectivity index (χ3n) is 6.50. The minimum absolute atomic E-state index is 0.136. The maximum absolute atomic E-state index is 13.0. The Bertz CT molecular complexity index is 706. The van der Waals surface area contributed by atoms with Crippen molar-refractivity contribution in [2.45, 2.75) is 63.4 Å². The maximum atomic E-state index is 13.0. The van der Waals surface area contributed by atoms with E-state index in [1.54, 1.807) is 0 Å². The molecular formula is C21H33N5O. The van der Waals surface area contributed by atoms with E-state index in [9.17, 15) is 4.79 Å². The van der Waals surface area contributed by atoms with Crippen LogP contribution in [0.3, 0.4) is 0 Å². The number of anilines is 1. The van der Waals surface area contributed by atoms with Crippen LogP contribution in [0.1, 0.15) is 30.9 Å². The zero-order chi connectivity index (χ0) is 19.1. The minimum atomic E-state index is -0.153. The highest BCUT2D eigenvalue weighted by Gasteiger charge is 2.43. The van der Waals surface area contributed by atoms with E-state index in [2.05, 4.69) is 71.9 Å². The van der Waals surface area contributed by atoms with Crippen LogP contribution < -0.4 is 16.0 Å². The number of para-hydroxylation sites is 1. The summed E-state index contributed by atoms with van der Waals surface area (Å²) < 4.78 is 0. The molecule has 0 bridgehead atoms. The number of carbonyl (C=O) groups excluding carboxylic acids is 1. The van der Waals surface area contributed by atoms with Gasteiger partial charge in [-0.25, -0.2) is 0 Å². The molecule has 2 fully saturated rings. The summed E-state index contributed by atoms with van der Waals surface area (Å²) in [7, 11) is 4.26. The number of hydrogen-bond acceptors (Lipinski definition) is 5. The van der Waals surface area contributed by atoms with Crippen LogP contribution in [0, 0.1) is 6.92 Å². The van der Waals surface area contributed by atoms with Gasteiger partial charge < -0.3 is 20.9 Å². The molecule has 0 saturated carbocycles. The Hall–Kier alpha value is -1.63. The van der Waals surface area contributed by atoms with E-state index in [4.69, 9.17) is 0 Å². The summed E-state index contributed by atoms with van der Waals surface area (Å²) in [6.07, 6.45) is 3.36. The number of likely N-dealkylation sites (N-methyl/N-ethyl adjacent to an activating group) is 1. The first-order chi connectivity index (χ1) is 12.9. The Labute approximate surface area is 162 Å². The third-order valence-corrected chi connectivity index (χ3v) is 6.50. The largest absolute Gasteiger partial charge is 0.373 e. The second kappa shape index (κ2) is 7.41. The molecule has 27 heavy (non-hydrogen) atoms. The molecule has 2 saturated heterocycles. The van der Waals surface area contributed by atoms with Gasteiger partial charge in [0, 0.05) is 43.3 Å². The van der Waals surface area contributed by atoms with Crippen LogP contribution in [-0.4, -0.2) is 73.2 Å². The van der Waals surface area contributed by atoms with Crippen molar-refractivity contribution in [3.63, 3.8) is 0 Å². The SMILES string of the molecule is Cc1cccc2c1NC(C(=O)NC1CCC3NCC(CN(C)C)N3C1C)C2. The van der Waals surface area contributed by atoms with Gasteiger partial charge in [-0.1, -0.05) is 18.2 Å². The van der Waals surface area contributed by atoms with Gasteiger partial charge in [0.1, 0.15) is 6.04 Å². The molecule has 148 valence electrons. The first kappa shape index (κ1) is 18.7. The average molecular weight is 372 g/mol. The first-order valence-corrected chi connectivity index (χ1v) is 10.2. The van der Waals surface area contributed by atoms with Gasteiger partial charge in [-0.15, -0.1) is 0 Å². The molecule has 0 radical (unpaired) electrons. The number of nitrogens with one attached hydrogen (secondary N) is 3. The molecule has 3 aliphatic rings. The third kappa shape index (κ3) is 3.58. The molecule has 5 unspecified atom stereocenters. The van der Waals surface area contributed by atoms with Crippen LogP contribution in [0.25, 0.3) is 0 Å². The molecule has 1 aromatic carbocycles. The van der Waals surface area contributed by atoms with Gasteiger partial charge in [0.2, 0.25) is 5.91 Å². The second-order valence-corrected chi connectivity index (χ2v) is 8.73. The smallest absolute Gasteiger partial charge is 0.243 e. The van der Waals surface area contributed by atoms with Crippen molar-refractivity contribution in [3.8, 4) is 0 Å². The molecule has 0 spiro atoms. The van der Waals surface area contributed by atoms with Crippen molar-refractivity contribution < 1.29 is 4.79 Å². The van der Waals surface area contributed by atoms with Crippen LogP contribution >= 0.6 is 0 Å². The molecular weight excluding hydrogens is 338 g/mol. The van der Waals surface area contributed by atoms with E-state index >= 15 is 0 Å². The van der Waals surface area contributed by atoms with Crippen LogP contribution in [0.5, 0.6) is 0 Å². The maximum Gasteiger partial charge on any atom is 0.243 e. The molecule has 3 N–H and O–H groups in total. The lowest BCUT2D eigenvalue weighted by Crippen LogP contribution is -2.61. The summed E-state index contributed by atoms with van der Waals surface area (Å²) in [5, 5.41) is 10.5. The van der Waals surface area contributed by atoms with E-state index in [-0.39, 0.29) is 18.0 Å². The van der Waals surface area contributed by atoms with Crippen molar-refractivity contribution in [1.82, 2.24) is 20.4 Å². The second-order valence-electron chi connectivity index (χ2n) is 8.73. The predicted molar refractivity (Wildman–Crippen MR) is 109 cm³/mol. The number of hydrogen-bond donors (Lipinski definition) is 3. The van der Waals surface area contributed by atoms with Gasteiger partial charge in [-0.3, -0.25) is 9.69 Å². The lowest BCUT2D eigenvalue weighted by Gasteiger charge is -2.44.